The van der Waals surface area contributed by atoms with Crippen LogP contribution in [0, 0.1) is 15.5 Å². The molecule has 106 valence electrons. The van der Waals surface area contributed by atoms with E-state index in [1.165, 1.54) is 6.07 Å². The van der Waals surface area contributed by atoms with Gasteiger partial charge in [0.1, 0.15) is 0 Å². The van der Waals surface area contributed by atoms with Crippen molar-refractivity contribution in [3.05, 3.63) is 27.8 Å². The molecular weight excluding hydrogens is 244 g/mol. The molecule has 0 radical (unpaired) electrons. The molecule has 0 fully saturated rings. The van der Waals surface area contributed by atoms with Crippen LogP contribution < -0.4 is 5.73 Å². The molecule has 0 saturated carbocycles. The fourth-order valence-corrected chi connectivity index (χ4v) is 1.97. The molecule has 1 aromatic rings. The van der Waals surface area contributed by atoms with Crippen molar-refractivity contribution in [3.63, 3.8) is 0 Å². The smallest absolute Gasteiger partial charge is 0.313 e. The molecule has 1 aromatic carbocycles. The van der Waals surface area contributed by atoms with E-state index < -0.39 is 10.7 Å². The quantitative estimate of drug-likeness (QED) is 0.377. The molecule has 5 nitrogen and oxygen atoms in total. The van der Waals surface area contributed by atoms with Crippen molar-refractivity contribution in [2.24, 2.45) is 5.41 Å². The van der Waals surface area contributed by atoms with Gasteiger partial charge in [-0.3, -0.25) is 10.1 Å². The summed E-state index contributed by atoms with van der Waals surface area (Å²) in [6.45, 7) is 10.4. The average Bonchev–Trinajstić information content (AvgIpc) is 2.31. The van der Waals surface area contributed by atoms with Crippen molar-refractivity contribution < 1.29 is 10.0 Å². The Morgan fingerprint density at radius 3 is 2.26 bits per heavy atom. The fourth-order valence-electron chi connectivity index (χ4n) is 1.97. The summed E-state index contributed by atoms with van der Waals surface area (Å²) in [6, 6.07) is 3.04. The molecule has 0 unspecified atom stereocenters. The fraction of sp³-hybridized carbons (Fsp3) is 0.571. The Labute approximate surface area is 113 Å². The minimum atomic E-state index is -0.607. The SMILES string of the molecule is CCC(C)(C)C(C)(C)c1cc(N)c(O)c([N+](=O)[O-])c1. The normalized spacial score (nSPS) is 12.5. The third-order valence-electron chi connectivity index (χ3n) is 4.61. The van der Waals surface area contributed by atoms with Crippen LogP contribution in [0.15, 0.2) is 12.1 Å². The number of nitrogen functional groups attached to an aromatic ring is 1. The molecule has 0 aliphatic carbocycles. The number of anilines is 1. The molecule has 0 bridgehead atoms. The highest BCUT2D eigenvalue weighted by Crippen LogP contribution is 2.46. The second-order valence-electron chi connectivity index (χ2n) is 6.05. The largest absolute Gasteiger partial charge is 0.501 e. The predicted octanol–water partition coefficient (Wildman–Crippen LogP) is 3.60. The third-order valence-corrected chi connectivity index (χ3v) is 4.61. The van der Waals surface area contributed by atoms with Crippen molar-refractivity contribution >= 4 is 11.4 Å². The Kier molecular flexibility index (Phi) is 3.79. The zero-order valence-corrected chi connectivity index (χ0v) is 12.2. The summed E-state index contributed by atoms with van der Waals surface area (Å²) < 4.78 is 0. The van der Waals surface area contributed by atoms with Gasteiger partial charge >= 0.3 is 5.69 Å². The predicted molar refractivity (Wildman–Crippen MR) is 76.3 cm³/mol. The maximum Gasteiger partial charge on any atom is 0.313 e. The van der Waals surface area contributed by atoms with E-state index in [0.29, 0.717) is 0 Å². The lowest BCUT2D eigenvalue weighted by molar-refractivity contribution is -0.385. The van der Waals surface area contributed by atoms with E-state index in [1.54, 1.807) is 6.07 Å². The highest BCUT2D eigenvalue weighted by atomic mass is 16.6. The van der Waals surface area contributed by atoms with Crippen LogP contribution in [-0.4, -0.2) is 10.0 Å². The second-order valence-corrected chi connectivity index (χ2v) is 6.05. The van der Waals surface area contributed by atoms with Gasteiger partial charge in [0.25, 0.3) is 0 Å². The zero-order chi connectivity index (χ0) is 15.0. The molecule has 0 saturated heterocycles. The van der Waals surface area contributed by atoms with E-state index in [4.69, 9.17) is 5.73 Å². The van der Waals surface area contributed by atoms with Crippen LogP contribution in [0.2, 0.25) is 0 Å². The highest BCUT2D eigenvalue weighted by molar-refractivity contribution is 5.65. The molecule has 0 aliphatic heterocycles. The minimum absolute atomic E-state index is 0.0455. The number of nitrogens with two attached hydrogens (primary N) is 1. The number of hydrogen-bond donors (Lipinski definition) is 2. The molecule has 0 aromatic heterocycles. The van der Waals surface area contributed by atoms with Crippen LogP contribution in [-0.2, 0) is 5.41 Å². The van der Waals surface area contributed by atoms with Gasteiger partial charge in [-0.1, -0.05) is 41.0 Å². The van der Waals surface area contributed by atoms with Crippen molar-refractivity contribution in [2.75, 3.05) is 5.73 Å². The summed E-state index contributed by atoms with van der Waals surface area (Å²) in [5.41, 5.74) is 5.81. The molecule has 0 amide bonds. The van der Waals surface area contributed by atoms with Crippen molar-refractivity contribution in [1.29, 1.82) is 0 Å². The van der Waals surface area contributed by atoms with Crippen LogP contribution in [0.5, 0.6) is 5.75 Å². The van der Waals surface area contributed by atoms with E-state index in [-0.39, 0.29) is 22.2 Å². The molecule has 0 spiro atoms. The van der Waals surface area contributed by atoms with Gasteiger partial charge in [-0.15, -0.1) is 0 Å². The standard InChI is InChI=1S/C14H22N2O3/c1-6-13(2,3)14(4,5)9-7-10(15)12(17)11(8-9)16(18)19/h7-8,17H,6,15H2,1-5H3. The van der Waals surface area contributed by atoms with Crippen LogP contribution in [0.25, 0.3) is 0 Å². The Bertz CT molecular complexity index is 508. The summed E-state index contributed by atoms with van der Waals surface area (Å²) in [5, 5.41) is 20.6. The zero-order valence-electron chi connectivity index (χ0n) is 12.2. The number of hydrogen-bond acceptors (Lipinski definition) is 4. The maximum atomic E-state index is 11.0. The van der Waals surface area contributed by atoms with Crippen LogP contribution >= 0.6 is 0 Å². The minimum Gasteiger partial charge on any atom is -0.501 e. The number of rotatable bonds is 4. The summed E-state index contributed by atoms with van der Waals surface area (Å²) >= 11 is 0. The van der Waals surface area contributed by atoms with Crippen LogP contribution in [0.4, 0.5) is 11.4 Å². The van der Waals surface area contributed by atoms with E-state index in [0.717, 1.165) is 12.0 Å². The van der Waals surface area contributed by atoms with Crippen LogP contribution in [0.3, 0.4) is 0 Å². The first kappa shape index (κ1) is 15.3. The molecular formula is C14H22N2O3. The van der Waals surface area contributed by atoms with Crippen molar-refractivity contribution in [1.82, 2.24) is 0 Å². The number of nitro benzene ring substituents is 1. The topological polar surface area (TPSA) is 89.4 Å². The van der Waals surface area contributed by atoms with E-state index in [2.05, 4.69) is 20.8 Å². The van der Waals surface area contributed by atoms with E-state index in [9.17, 15) is 15.2 Å². The number of phenols is 1. The Hall–Kier alpha value is -1.78. The van der Waals surface area contributed by atoms with Gasteiger partial charge in [-0.2, -0.15) is 0 Å². The second kappa shape index (κ2) is 4.72. The lowest BCUT2D eigenvalue weighted by Crippen LogP contribution is -2.36. The summed E-state index contributed by atoms with van der Waals surface area (Å²) in [5.74, 6) is -0.459. The monoisotopic (exact) mass is 266 g/mol. The van der Waals surface area contributed by atoms with Gasteiger partial charge in [0, 0.05) is 6.07 Å². The summed E-state index contributed by atoms with van der Waals surface area (Å²) in [4.78, 5) is 10.4. The van der Waals surface area contributed by atoms with Gasteiger partial charge in [0.15, 0.2) is 0 Å². The lowest BCUT2D eigenvalue weighted by atomic mass is 9.63. The first-order valence-corrected chi connectivity index (χ1v) is 6.32. The molecule has 0 atom stereocenters. The number of benzene rings is 1. The van der Waals surface area contributed by atoms with E-state index >= 15 is 0 Å². The van der Waals surface area contributed by atoms with Gasteiger partial charge < -0.3 is 10.8 Å². The molecule has 0 heterocycles. The van der Waals surface area contributed by atoms with E-state index in [1.807, 2.05) is 13.8 Å². The number of phenolic OH excluding ortho intramolecular Hbond substituents is 1. The molecule has 3 N–H and O–H groups in total. The van der Waals surface area contributed by atoms with Gasteiger partial charge in [0.05, 0.1) is 10.6 Å². The summed E-state index contributed by atoms with van der Waals surface area (Å²) in [6.07, 6.45) is 0.925. The molecule has 1 rings (SSSR count). The van der Waals surface area contributed by atoms with Crippen LogP contribution in [0.1, 0.15) is 46.6 Å². The molecule has 0 aliphatic rings. The first-order chi connectivity index (χ1) is 8.54. The number of nitrogens with zero attached hydrogens (tertiary/aromatic N) is 1. The number of nitro groups is 1. The summed E-state index contributed by atoms with van der Waals surface area (Å²) in [7, 11) is 0. The third kappa shape index (κ3) is 2.50. The van der Waals surface area contributed by atoms with Gasteiger partial charge in [-0.25, -0.2) is 0 Å². The molecule has 5 heteroatoms. The van der Waals surface area contributed by atoms with Crippen molar-refractivity contribution in [3.8, 4) is 5.75 Å². The molecule has 19 heavy (non-hydrogen) atoms. The first-order valence-electron chi connectivity index (χ1n) is 6.32. The maximum absolute atomic E-state index is 11.0. The Morgan fingerprint density at radius 1 is 1.32 bits per heavy atom. The number of aromatic hydroxyl groups is 1. The lowest BCUT2D eigenvalue weighted by Gasteiger charge is -2.41. The highest BCUT2D eigenvalue weighted by Gasteiger charge is 2.38. The van der Waals surface area contributed by atoms with Crippen molar-refractivity contribution in [2.45, 2.75) is 46.5 Å². The average molecular weight is 266 g/mol. The van der Waals surface area contributed by atoms with Gasteiger partial charge in [-0.05, 0) is 22.5 Å². The van der Waals surface area contributed by atoms with Gasteiger partial charge in [0.2, 0.25) is 5.75 Å². The Morgan fingerprint density at radius 2 is 1.84 bits per heavy atom. The Balaban J connectivity index is 3.49.